The van der Waals surface area contributed by atoms with Crippen LogP contribution in [0.5, 0.6) is 17.2 Å². The Hall–Kier alpha value is -4.59. The molecule has 4 heterocycles. The Kier molecular flexibility index (Phi) is 4.60. The van der Waals surface area contributed by atoms with Crippen LogP contribution in [0.25, 0.3) is 11.3 Å². The zero-order valence-corrected chi connectivity index (χ0v) is 19.1. The number of nitrogens with zero attached hydrogens (tertiary/aromatic N) is 1. The van der Waals surface area contributed by atoms with Gasteiger partial charge in [0.1, 0.15) is 34.9 Å². The monoisotopic (exact) mass is 479 g/mol. The van der Waals surface area contributed by atoms with E-state index >= 15 is 0 Å². The van der Waals surface area contributed by atoms with Crippen molar-refractivity contribution in [3.63, 3.8) is 0 Å². The Labute approximate surface area is 206 Å². The van der Waals surface area contributed by atoms with Crippen LogP contribution in [0.1, 0.15) is 34.0 Å². The molecule has 36 heavy (non-hydrogen) atoms. The van der Waals surface area contributed by atoms with Crippen LogP contribution >= 0.6 is 0 Å². The normalized spacial score (nSPS) is 20.9. The van der Waals surface area contributed by atoms with Gasteiger partial charge in [-0.05, 0) is 42.8 Å². The fourth-order valence-electron chi connectivity index (χ4n) is 5.00. The summed E-state index contributed by atoms with van der Waals surface area (Å²) in [5.41, 5.74) is 2.81. The molecule has 0 unspecified atom stereocenters. The number of pyridine rings is 1. The first-order chi connectivity index (χ1) is 17.6. The molecule has 4 aromatic rings. The molecule has 1 saturated carbocycles. The summed E-state index contributed by atoms with van der Waals surface area (Å²) in [5.74, 6) is 3.36. The molecule has 3 aliphatic rings. The number of ether oxygens (including phenoxy) is 2. The maximum Gasteiger partial charge on any atom is 0.287 e. The van der Waals surface area contributed by atoms with E-state index in [0.29, 0.717) is 35.9 Å². The van der Waals surface area contributed by atoms with Crippen molar-refractivity contribution in [2.24, 2.45) is 0 Å². The minimum absolute atomic E-state index is 0.0412. The van der Waals surface area contributed by atoms with E-state index in [1.807, 2.05) is 48.5 Å². The first-order valence-corrected chi connectivity index (χ1v) is 11.9. The van der Waals surface area contributed by atoms with Crippen LogP contribution < -0.4 is 20.1 Å². The highest BCUT2D eigenvalue weighted by Crippen LogP contribution is 2.54. The van der Waals surface area contributed by atoms with Gasteiger partial charge in [0.2, 0.25) is 5.91 Å². The highest BCUT2D eigenvalue weighted by atomic mass is 16.5. The second kappa shape index (κ2) is 7.98. The second-order valence-electron chi connectivity index (χ2n) is 9.12. The van der Waals surface area contributed by atoms with Crippen LogP contribution in [0.2, 0.25) is 0 Å². The standard InChI is InChI=1S/C28H21N3O5/c32-23-11-7-17-21(12-13-29-27(17)30-23)34-16-6-8-20-18(14-16)24-25(26(24)36-20)31-28(33)22-10-9-19(35-22)15-4-2-1-3-5-15/h1-6,8-10,12-14,24-26H,7,11H2,(H,31,33)(H,29,30,32)/t24-,25+,26-/m0/s1. The van der Waals surface area contributed by atoms with Gasteiger partial charge >= 0.3 is 0 Å². The van der Waals surface area contributed by atoms with E-state index in [-0.39, 0.29) is 35.6 Å². The van der Waals surface area contributed by atoms with Crippen molar-refractivity contribution in [2.75, 3.05) is 5.32 Å². The molecule has 1 aliphatic carbocycles. The maximum atomic E-state index is 12.8. The van der Waals surface area contributed by atoms with E-state index in [9.17, 15) is 9.59 Å². The molecule has 8 heteroatoms. The summed E-state index contributed by atoms with van der Waals surface area (Å²) in [4.78, 5) is 28.8. The molecule has 8 nitrogen and oxygen atoms in total. The molecule has 2 N–H and O–H groups in total. The summed E-state index contributed by atoms with van der Waals surface area (Å²) >= 11 is 0. The summed E-state index contributed by atoms with van der Waals surface area (Å²) in [5, 5.41) is 5.84. The summed E-state index contributed by atoms with van der Waals surface area (Å²) < 4.78 is 18.0. The minimum atomic E-state index is -0.264. The quantitative estimate of drug-likeness (QED) is 0.431. The van der Waals surface area contributed by atoms with E-state index in [4.69, 9.17) is 13.9 Å². The van der Waals surface area contributed by atoms with Gasteiger partial charge in [-0.25, -0.2) is 4.98 Å². The molecular formula is C28H21N3O5. The summed E-state index contributed by atoms with van der Waals surface area (Å²) in [6.07, 6.45) is 2.50. The number of carbonyl (C=O) groups is 2. The van der Waals surface area contributed by atoms with Crippen LogP contribution in [0.15, 0.2) is 77.3 Å². The van der Waals surface area contributed by atoms with Gasteiger partial charge in [0, 0.05) is 29.3 Å². The maximum absolute atomic E-state index is 12.8. The molecule has 1 fully saturated rings. The first kappa shape index (κ1) is 20.8. The van der Waals surface area contributed by atoms with Crippen molar-refractivity contribution >= 4 is 17.6 Å². The number of nitrogens with one attached hydrogen (secondary N) is 2. The highest BCUT2D eigenvalue weighted by molar-refractivity contribution is 5.93. The van der Waals surface area contributed by atoms with Crippen LogP contribution in [-0.2, 0) is 11.2 Å². The van der Waals surface area contributed by atoms with Gasteiger partial charge in [-0.15, -0.1) is 0 Å². The predicted octanol–water partition coefficient (Wildman–Crippen LogP) is 4.68. The Morgan fingerprint density at radius 1 is 1.06 bits per heavy atom. The fraction of sp³-hybridized carbons (Fsp3) is 0.179. The first-order valence-electron chi connectivity index (χ1n) is 11.9. The van der Waals surface area contributed by atoms with Gasteiger partial charge in [-0.2, -0.15) is 0 Å². The third-order valence-electron chi connectivity index (χ3n) is 6.84. The summed E-state index contributed by atoms with van der Waals surface area (Å²) in [6.45, 7) is 0. The third kappa shape index (κ3) is 3.50. The summed E-state index contributed by atoms with van der Waals surface area (Å²) in [7, 11) is 0. The van der Waals surface area contributed by atoms with E-state index in [1.54, 1.807) is 24.4 Å². The number of hydrogen-bond donors (Lipinski definition) is 2. The lowest BCUT2D eigenvalue weighted by Gasteiger charge is -2.19. The van der Waals surface area contributed by atoms with E-state index in [1.165, 1.54) is 0 Å². The van der Waals surface area contributed by atoms with Crippen molar-refractivity contribution in [1.82, 2.24) is 10.3 Å². The average Bonchev–Trinajstić information content (AvgIpc) is 3.23. The molecule has 0 spiro atoms. The molecule has 3 atom stereocenters. The van der Waals surface area contributed by atoms with Crippen molar-refractivity contribution in [3.8, 4) is 28.6 Å². The minimum Gasteiger partial charge on any atom is -0.487 e. The molecule has 0 radical (unpaired) electrons. The van der Waals surface area contributed by atoms with Crippen LogP contribution in [0, 0.1) is 0 Å². The topological polar surface area (TPSA) is 103 Å². The number of furan rings is 1. The number of benzene rings is 2. The van der Waals surface area contributed by atoms with Crippen molar-refractivity contribution in [2.45, 2.75) is 30.9 Å². The molecule has 2 aromatic heterocycles. The number of aromatic nitrogens is 1. The zero-order valence-electron chi connectivity index (χ0n) is 19.1. The lowest BCUT2D eigenvalue weighted by Crippen LogP contribution is -2.29. The van der Waals surface area contributed by atoms with Crippen LogP contribution in [-0.4, -0.2) is 28.9 Å². The predicted molar refractivity (Wildman–Crippen MR) is 130 cm³/mol. The molecule has 2 aliphatic heterocycles. The summed E-state index contributed by atoms with van der Waals surface area (Å²) in [6, 6.07) is 20.5. The second-order valence-corrected chi connectivity index (χ2v) is 9.12. The smallest absolute Gasteiger partial charge is 0.287 e. The van der Waals surface area contributed by atoms with Gasteiger partial charge in [0.05, 0.1) is 12.0 Å². The largest absolute Gasteiger partial charge is 0.487 e. The van der Waals surface area contributed by atoms with E-state index < -0.39 is 0 Å². The molecule has 7 rings (SSSR count). The van der Waals surface area contributed by atoms with Gasteiger partial charge in [0.15, 0.2) is 5.76 Å². The highest BCUT2D eigenvalue weighted by Gasteiger charge is 2.60. The van der Waals surface area contributed by atoms with Crippen LogP contribution in [0.3, 0.4) is 0 Å². The lowest BCUT2D eigenvalue weighted by atomic mass is 10.1. The number of fused-ring (bicyclic) bond motifs is 4. The average molecular weight is 479 g/mol. The molecule has 178 valence electrons. The fourth-order valence-corrected chi connectivity index (χ4v) is 5.00. The van der Waals surface area contributed by atoms with Crippen LogP contribution in [0.4, 0.5) is 5.82 Å². The van der Waals surface area contributed by atoms with Gasteiger partial charge in [0.25, 0.3) is 5.91 Å². The Morgan fingerprint density at radius 3 is 2.83 bits per heavy atom. The number of rotatable bonds is 5. The molecular weight excluding hydrogens is 458 g/mol. The molecule has 0 bridgehead atoms. The van der Waals surface area contributed by atoms with Crippen molar-refractivity contribution in [3.05, 3.63) is 89.8 Å². The van der Waals surface area contributed by atoms with Crippen molar-refractivity contribution < 1.29 is 23.5 Å². The Balaban J connectivity index is 1.06. The number of hydrogen-bond acceptors (Lipinski definition) is 6. The zero-order chi connectivity index (χ0) is 24.2. The third-order valence-corrected chi connectivity index (χ3v) is 6.84. The van der Waals surface area contributed by atoms with E-state index in [2.05, 4.69) is 15.6 Å². The van der Waals surface area contributed by atoms with E-state index in [0.717, 1.165) is 22.4 Å². The molecule has 2 amide bonds. The molecule has 2 aromatic carbocycles. The van der Waals surface area contributed by atoms with Gasteiger partial charge in [-0.1, -0.05) is 30.3 Å². The van der Waals surface area contributed by atoms with Gasteiger partial charge in [-0.3, -0.25) is 9.59 Å². The van der Waals surface area contributed by atoms with Crippen molar-refractivity contribution in [1.29, 1.82) is 0 Å². The Morgan fingerprint density at radius 2 is 1.94 bits per heavy atom. The SMILES string of the molecule is O=C1CCc2c(Oc3ccc4c(c3)[C@H]3[C@@H](NC(=O)c5ccc(-c6ccccc6)o5)[C@H]3O4)ccnc2N1. The number of carbonyl (C=O) groups excluding carboxylic acids is 2. The molecule has 0 saturated heterocycles. The number of anilines is 1. The van der Waals surface area contributed by atoms with Gasteiger partial charge < -0.3 is 24.5 Å². The lowest BCUT2D eigenvalue weighted by molar-refractivity contribution is -0.116. The number of amides is 2. The Bertz CT molecular complexity index is 1510.